The van der Waals surface area contributed by atoms with Gasteiger partial charge in [-0.1, -0.05) is 0 Å². The number of Topliss-reactive ketones (excluding diaryl/α,β-unsaturated/α-hetero) is 1. The first-order chi connectivity index (χ1) is 64.3. The van der Waals surface area contributed by atoms with Crippen LogP contribution in [0.4, 0.5) is 0 Å². The molecule has 8 aliphatic rings. The van der Waals surface area contributed by atoms with Crippen molar-refractivity contribution in [2.45, 2.75) is 204 Å². The number of nitrogens with zero attached hydrogens (tertiary/aromatic N) is 15. The number of aliphatic carboxylic acids is 5. The summed E-state index contributed by atoms with van der Waals surface area (Å²) >= 11 is 0. The average Bonchev–Trinajstić information content (AvgIpc) is 1.01. The highest BCUT2D eigenvalue weighted by molar-refractivity contribution is 5.77. The summed E-state index contributed by atoms with van der Waals surface area (Å²) in [7, 11) is 0. The van der Waals surface area contributed by atoms with Gasteiger partial charge in [0.15, 0.2) is 0 Å². The monoisotopic (exact) mass is 1910 g/mol. The van der Waals surface area contributed by atoms with Gasteiger partial charge < -0.3 is 98.7 Å². The Morgan fingerprint density at radius 2 is 0.351 bits per heavy atom. The predicted molar refractivity (Wildman–Crippen MR) is 550 cm³/mol. The number of rotatable bonds is 19. The Morgan fingerprint density at radius 3 is 0.657 bits per heavy atom. The number of nitrogens with one attached hydrogen (secondary N) is 11. The van der Waals surface area contributed by atoms with Gasteiger partial charge in [0.1, 0.15) is 5.78 Å². The van der Waals surface area contributed by atoms with Crippen LogP contribution in [0.15, 0.2) is 0 Å². The maximum Gasteiger partial charge on any atom is 0.317 e. The third-order valence-electron chi connectivity index (χ3n) is 25.9. The zero-order chi connectivity index (χ0) is 98.7. The molecule has 2 atom stereocenters. The minimum atomic E-state index is -0.956. The Labute approximate surface area is 814 Å². The predicted octanol–water partition coefficient (Wildman–Crippen LogP) is 0.411. The molecule has 37 heteroatoms. The van der Waals surface area contributed by atoms with Gasteiger partial charge in [-0.3, -0.25) is 87.6 Å². The Morgan fingerprint density at radius 1 is 0.179 bits per heavy atom. The van der Waals surface area contributed by atoms with Crippen molar-refractivity contribution in [2.75, 3.05) is 393 Å². The number of hydrogen-bond acceptors (Lipinski definition) is 32. The number of carbonyl (C=O) groups excluding carboxylic acids is 1. The summed E-state index contributed by atoms with van der Waals surface area (Å²) in [5.41, 5.74) is 0. The maximum absolute atomic E-state index is 11.6. The number of carbonyl (C=O) groups is 6. The van der Waals surface area contributed by atoms with Crippen molar-refractivity contribution in [3.05, 3.63) is 0 Å². The van der Waals surface area contributed by atoms with Gasteiger partial charge in [0.25, 0.3) is 0 Å². The van der Waals surface area contributed by atoms with Crippen LogP contribution in [-0.4, -0.2) is 570 Å². The van der Waals surface area contributed by atoms with Crippen LogP contribution < -0.4 is 58.5 Å². The van der Waals surface area contributed by atoms with Crippen LogP contribution in [0, 0.1) is 0 Å². The molecule has 8 fully saturated rings. The topological polar surface area (TPSA) is 384 Å². The SMILES string of the molecule is CC(=O)CN1CCCN(CC(=O)O)CCN(C(C)C)CCCN(CC(=O)O)CC1.CC(C)N1CCCN2CCNCCCN(CC2)CC1.CC(C)N1CCCNCCCNCCC1.CC(C)N1CCCNCCNCCCNCC1.CC(C)N1CCN(CC(=O)O)CCN(CC(=O)O)CCN(CC(=O)O)CC1.CC(C)N1CCNCCNCC1.CC(C)N1CCNCCNCCNCC1. The first-order valence-electron chi connectivity index (χ1n) is 52.6. The highest BCUT2D eigenvalue weighted by atomic mass is 16.4. The number of fused-ring (bicyclic) bond motifs is 3. The van der Waals surface area contributed by atoms with Crippen LogP contribution in [0.5, 0.6) is 0 Å². The lowest BCUT2D eigenvalue weighted by Crippen LogP contribution is -2.49. The molecular weight excluding hydrogens is 1710 g/mol. The Kier molecular flexibility index (Phi) is 77.6. The molecule has 37 nitrogen and oxygen atoms in total. The van der Waals surface area contributed by atoms with Crippen molar-refractivity contribution in [2.24, 2.45) is 0 Å². The van der Waals surface area contributed by atoms with Crippen LogP contribution in [0.3, 0.4) is 0 Å². The first kappa shape index (κ1) is 126. The summed E-state index contributed by atoms with van der Waals surface area (Å²) in [5.74, 6) is -4.36. The smallest absolute Gasteiger partial charge is 0.317 e. The van der Waals surface area contributed by atoms with E-state index in [1.807, 2.05) is 24.5 Å². The van der Waals surface area contributed by atoms with E-state index in [1.54, 1.807) is 11.8 Å². The molecule has 134 heavy (non-hydrogen) atoms. The highest BCUT2D eigenvalue weighted by Gasteiger charge is 2.25. The molecule has 2 bridgehead atoms. The second-order valence-electron chi connectivity index (χ2n) is 39.4. The molecule has 0 spiro atoms. The summed E-state index contributed by atoms with van der Waals surface area (Å²) in [6.07, 6.45) is 10.5. The van der Waals surface area contributed by atoms with Crippen LogP contribution >= 0.6 is 0 Å². The van der Waals surface area contributed by atoms with Crippen molar-refractivity contribution in [3.63, 3.8) is 0 Å². The molecule has 2 unspecified atom stereocenters. The Bertz CT molecular complexity index is 2730. The van der Waals surface area contributed by atoms with Crippen molar-refractivity contribution < 1.29 is 54.3 Å². The van der Waals surface area contributed by atoms with Gasteiger partial charge in [0.2, 0.25) is 0 Å². The largest absolute Gasteiger partial charge is 0.480 e. The van der Waals surface area contributed by atoms with Crippen molar-refractivity contribution in [1.29, 1.82) is 0 Å². The molecule has 8 rings (SSSR count). The standard InChI is InChI=1S/C20H38N4O5.C17H32N4O6.C15H32N4.C13H30N4.C12H27N3.C11H26N4.C9H21N3/c1-17(2)24-9-5-8-22(15-19(26)27)11-10-21(14-18(3)25)6-4-7-23(12-13-24)16-20(28)29;1-14(2)21-9-7-19(12-16(24)25)5-3-18(11-15(22)23)4-6-20(8-10-21)13-17(26)27;1-15(2)19-9-4-8-17-10-6-16-5-3-7-18(12-11-17)13-14-19;1-13(2)17-11-4-7-15-9-8-14-5-3-6-16-10-12-17;1-12(2)15-10-4-8-13-6-3-7-14-9-5-11-15;1-11(2)15-9-7-13-5-3-12-4-6-14-8-10-15;1-9(2)12-7-5-10-3-4-11-6-8-12/h17H,4-16H2,1-3H3,(H,26,27)(H,28,29);14H,3-13H2,1-2H3,(H,22,23)(H,24,25)(H,26,27);15-16H,3-14H2,1-2H3;13-16H,3-12H2,1-2H3;12-14H,3-11H2,1-2H3;11-14H,3-10H2,1-2H3;9-11H,3-8H2,1-2H3. The van der Waals surface area contributed by atoms with E-state index in [9.17, 15) is 39.0 Å². The molecule has 0 aliphatic carbocycles. The zero-order valence-electron chi connectivity index (χ0n) is 87.7. The molecule has 0 saturated carbocycles. The molecule has 8 aliphatic heterocycles. The molecule has 0 amide bonds. The molecule has 0 radical (unpaired) electrons. The number of carboxylic acid groups (broad SMARTS) is 5. The lowest BCUT2D eigenvalue weighted by molar-refractivity contribution is -0.140. The summed E-state index contributed by atoms with van der Waals surface area (Å²) < 4.78 is 0. The summed E-state index contributed by atoms with van der Waals surface area (Å²) in [5, 5.41) is 84.0. The van der Waals surface area contributed by atoms with E-state index in [-0.39, 0.29) is 44.5 Å². The first-order valence-corrected chi connectivity index (χ1v) is 52.6. The minimum absolute atomic E-state index is 0.00196. The highest BCUT2D eigenvalue weighted by Crippen LogP contribution is 2.12. The van der Waals surface area contributed by atoms with E-state index in [0.717, 1.165) is 163 Å². The van der Waals surface area contributed by atoms with E-state index in [1.165, 1.54) is 156 Å². The molecule has 0 aromatic carbocycles. The fourth-order valence-electron chi connectivity index (χ4n) is 17.4. The van der Waals surface area contributed by atoms with Crippen LogP contribution in [0.1, 0.15) is 162 Å². The van der Waals surface area contributed by atoms with E-state index in [2.05, 4.69) is 200 Å². The summed E-state index contributed by atoms with van der Waals surface area (Å²) in [4.78, 5) is 101. The summed E-state index contributed by atoms with van der Waals surface area (Å²) in [6.45, 7) is 86.8. The second kappa shape index (κ2) is 82.5. The van der Waals surface area contributed by atoms with Gasteiger partial charge in [0.05, 0.1) is 39.3 Å². The maximum atomic E-state index is 11.6. The zero-order valence-corrected chi connectivity index (χ0v) is 87.7. The third kappa shape index (κ3) is 71.4. The Balaban J connectivity index is 0.000000539. The molecule has 790 valence electrons. The minimum Gasteiger partial charge on any atom is -0.480 e. The molecule has 8 saturated heterocycles. The number of ketones is 1. The summed E-state index contributed by atoms with van der Waals surface area (Å²) in [6, 6.07) is 3.95. The van der Waals surface area contributed by atoms with E-state index < -0.39 is 29.8 Å². The third-order valence-corrected chi connectivity index (χ3v) is 25.9. The normalized spacial score (nSPS) is 23.4. The van der Waals surface area contributed by atoms with Gasteiger partial charge >= 0.3 is 29.8 Å². The van der Waals surface area contributed by atoms with Crippen LogP contribution in [0.2, 0.25) is 0 Å². The van der Waals surface area contributed by atoms with Crippen LogP contribution in [-0.2, 0) is 28.8 Å². The average molecular weight is 1910 g/mol. The number of carboxylic acids is 5. The number of hydrogen-bond donors (Lipinski definition) is 16. The van der Waals surface area contributed by atoms with Crippen molar-refractivity contribution in [1.82, 2.24) is 132 Å². The van der Waals surface area contributed by atoms with Gasteiger partial charge in [-0.15, -0.1) is 0 Å². The van der Waals surface area contributed by atoms with Crippen LogP contribution in [0.25, 0.3) is 0 Å². The molecular formula is C97H206N26O11. The van der Waals surface area contributed by atoms with Gasteiger partial charge in [0, 0.05) is 291 Å². The molecule has 0 aromatic heterocycles. The van der Waals surface area contributed by atoms with E-state index in [4.69, 9.17) is 15.3 Å². The quantitative estimate of drug-likeness (QED) is 0.0833. The van der Waals surface area contributed by atoms with Gasteiger partial charge in [-0.2, -0.15) is 0 Å². The van der Waals surface area contributed by atoms with E-state index in [0.29, 0.717) is 134 Å². The van der Waals surface area contributed by atoms with Crippen molar-refractivity contribution in [3.8, 4) is 0 Å². The molecule has 16 N–H and O–H groups in total. The fourth-order valence-corrected chi connectivity index (χ4v) is 17.4. The van der Waals surface area contributed by atoms with E-state index >= 15 is 0 Å². The molecule has 8 heterocycles. The lowest BCUT2D eigenvalue weighted by atomic mass is 10.2. The van der Waals surface area contributed by atoms with Crippen molar-refractivity contribution >= 4 is 35.6 Å². The fraction of sp³-hybridized carbons (Fsp3) is 0.938. The lowest BCUT2D eigenvalue weighted by Gasteiger charge is -2.35. The second-order valence-corrected chi connectivity index (χ2v) is 39.4. The van der Waals surface area contributed by atoms with Gasteiger partial charge in [-0.05, 0) is 266 Å². The molecule has 0 aromatic rings. The van der Waals surface area contributed by atoms with Gasteiger partial charge in [-0.25, -0.2) is 0 Å². The Hall–Kier alpha value is -4.02.